The van der Waals surface area contributed by atoms with E-state index in [0.717, 1.165) is 11.3 Å². The molecule has 2 N–H and O–H groups in total. The average molecular weight is 299 g/mol. The number of ether oxygens (including phenoxy) is 1. The first-order valence-electron chi connectivity index (χ1n) is 7.06. The molecule has 1 aromatic carbocycles. The van der Waals surface area contributed by atoms with Gasteiger partial charge in [-0.3, -0.25) is 4.79 Å². The fraction of sp³-hybridized carbons (Fsp3) is 0.250. The molecule has 0 fully saturated rings. The summed E-state index contributed by atoms with van der Waals surface area (Å²) in [6.45, 7) is 3.74. The first-order valence-corrected chi connectivity index (χ1v) is 7.06. The summed E-state index contributed by atoms with van der Waals surface area (Å²) >= 11 is 0. The van der Waals surface area contributed by atoms with Crippen LogP contribution in [0.25, 0.3) is 16.8 Å². The van der Waals surface area contributed by atoms with Gasteiger partial charge in [-0.15, -0.1) is 0 Å². The van der Waals surface area contributed by atoms with Crippen molar-refractivity contribution in [2.45, 2.75) is 26.6 Å². The van der Waals surface area contributed by atoms with Crippen molar-refractivity contribution in [3.05, 3.63) is 52.6 Å². The van der Waals surface area contributed by atoms with Crippen LogP contribution in [0.4, 0.5) is 0 Å². The third-order valence-electron chi connectivity index (χ3n) is 3.22. The molecule has 6 heteroatoms. The number of benzene rings is 1. The van der Waals surface area contributed by atoms with Crippen molar-refractivity contribution in [3.8, 4) is 17.0 Å². The summed E-state index contributed by atoms with van der Waals surface area (Å²) in [6.07, 6.45) is 1.84. The van der Waals surface area contributed by atoms with Crippen LogP contribution in [0.3, 0.4) is 0 Å². The number of aliphatic hydroxyl groups excluding tert-OH is 1. The van der Waals surface area contributed by atoms with Gasteiger partial charge in [0.15, 0.2) is 0 Å². The van der Waals surface area contributed by atoms with Crippen molar-refractivity contribution in [1.29, 1.82) is 0 Å². The van der Waals surface area contributed by atoms with E-state index in [1.807, 2.05) is 38.1 Å². The summed E-state index contributed by atoms with van der Waals surface area (Å²) in [5, 5.41) is 13.3. The largest absolute Gasteiger partial charge is 0.491 e. The summed E-state index contributed by atoms with van der Waals surface area (Å²) in [4.78, 5) is 14.9. The van der Waals surface area contributed by atoms with Gasteiger partial charge in [-0.2, -0.15) is 5.10 Å². The molecule has 6 nitrogen and oxygen atoms in total. The van der Waals surface area contributed by atoms with Crippen LogP contribution in [-0.4, -0.2) is 25.8 Å². The molecular formula is C16H17N3O3. The van der Waals surface area contributed by atoms with E-state index in [4.69, 9.17) is 9.84 Å². The normalized spacial score (nSPS) is 11.3. The number of aliphatic hydroxyl groups is 1. The zero-order chi connectivity index (χ0) is 15.7. The van der Waals surface area contributed by atoms with E-state index in [9.17, 15) is 4.79 Å². The molecule has 0 saturated carbocycles. The number of nitrogens with one attached hydrogen (secondary N) is 1. The summed E-state index contributed by atoms with van der Waals surface area (Å²) in [7, 11) is 0. The van der Waals surface area contributed by atoms with E-state index >= 15 is 0 Å². The van der Waals surface area contributed by atoms with E-state index in [-0.39, 0.29) is 18.3 Å². The van der Waals surface area contributed by atoms with Crippen LogP contribution >= 0.6 is 0 Å². The van der Waals surface area contributed by atoms with Gasteiger partial charge in [-0.05, 0) is 49.7 Å². The van der Waals surface area contributed by atoms with Crippen molar-refractivity contribution in [2.75, 3.05) is 0 Å². The molecule has 0 radical (unpaired) electrons. The first-order chi connectivity index (χ1) is 10.6. The van der Waals surface area contributed by atoms with Crippen molar-refractivity contribution >= 4 is 5.52 Å². The van der Waals surface area contributed by atoms with Crippen molar-refractivity contribution < 1.29 is 9.84 Å². The van der Waals surface area contributed by atoms with Crippen LogP contribution in [0, 0.1) is 0 Å². The summed E-state index contributed by atoms with van der Waals surface area (Å²) in [5.41, 5.74) is 2.14. The van der Waals surface area contributed by atoms with E-state index in [0.29, 0.717) is 16.9 Å². The van der Waals surface area contributed by atoms with Crippen molar-refractivity contribution in [3.63, 3.8) is 0 Å². The minimum absolute atomic E-state index is 0.114. The van der Waals surface area contributed by atoms with Gasteiger partial charge in [0, 0.05) is 0 Å². The smallest absolute Gasteiger partial charge is 0.274 e. The lowest BCUT2D eigenvalue weighted by atomic mass is 10.1. The Bertz CT molecular complexity index is 847. The highest BCUT2D eigenvalue weighted by Gasteiger charge is 2.08. The second kappa shape index (κ2) is 5.65. The zero-order valence-electron chi connectivity index (χ0n) is 12.4. The Kier molecular flexibility index (Phi) is 3.68. The van der Waals surface area contributed by atoms with E-state index in [1.165, 1.54) is 4.52 Å². The molecule has 0 unspecified atom stereocenters. The molecule has 22 heavy (non-hydrogen) atoms. The first kappa shape index (κ1) is 14.3. The third kappa shape index (κ3) is 2.73. The van der Waals surface area contributed by atoms with Gasteiger partial charge in [0.2, 0.25) is 0 Å². The molecule has 0 atom stereocenters. The summed E-state index contributed by atoms with van der Waals surface area (Å²) < 4.78 is 7.08. The molecule has 0 spiro atoms. The van der Waals surface area contributed by atoms with Crippen molar-refractivity contribution in [2.24, 2.45) is 0 Å². The van der Waals surface area contributed by atoms with Gasteiger partial charge >= 0.3 is 0 Å². The number of aromatic amines is 1. The van der Waals surface area contributed by atoms with Gasteiger partial charge in [0.05, 0.1) is 30.3 Å². The molecule has 2 heterocycles. The van der Waals surface area contributed by atoms with Crippen LogP contribution in [-0.2, 0) is 6.61 Å². The molecule has 2 aromatic heterocycles. The number of aromatic nitrogens is 3. The van der Waals surface area contributed by atoms with Crippen LogP contribution < -0.4 is 10.3 Å². The van der Waals surface area contributed by atoms with Gasteiger partial charge in [0.25, 0.3) is 5.56 Å². The highest BCUT2D eigenvalue weighted by atomic mass is 16.5. The topological polar surface area (TPSA) is 79.6 Å². The van der Waals surface area contributed by atoms with E-state index in [1.54, 1.807) is 12.3 Å². The lowest BCUT2D eigenvalue weighted by molar-refractivity contribution is 0.242. The number of nitrogens with zero attached hydrogens (tertiary/aromatic N) is 2. The monoisotopic (exact) mass is 299 g/mol. The standard InChI is InChI=1S/C16H17N3O3/c1-10(2)22-13-5-3-11(4-6-13)14-8-19-15(16(21)17-14)7-12(9-20)18-19/h3-8,10,20H,9H2,1-2H3,(H,17,21). The molecule has 3 aromatic rings. The van der Waals surface area contributed by atoms with Crippen molar-refractivity contribution in [1.82, 2.24) is 14.6 Å². The number of fused-ring (bicyclic) bond motifs is 1. The fourth-order valence-corrected chi connectivity index (χ4v) is 2.26. The van der Waals surface area contributed by atoms with Crippen LogP contribution in [0.1, 0.15) is 19.5 Å². The Balaban J connectivity index is 2.00. The van der Waals surface area contributed by atoms with Crippen LogP contribution in [0.15, 0.2) is 41.3 Å². The average Bonchev–Trinajstić information content (AvgIpc) is 2.91. The highest BCUT2D eigenvalue weighted by molar-refractivity contribution is 5.61. The maximum absolute atomic E-state index is 12.1. The quantitative estimate of drug-likeness (QED) is 0.772. The number of rotatable bonds is 4. The molecule has 0 saturated heterocycles. The third-order valence-corrected chi connectivity index (χ3v) is 3.22. The Morgan fingerprint density at radius 3 is 2.68 bits per heavy atom. The minimum Gasteiger partial charge on any atom is -0.491 e. The lowest BCUT2D eigenvalue weighted by Gasteiger charge is -2.10. The Morgan fingerprint density at radius 1 is 1.32 bits per heavy atom. The maximum atomic E-state index is 12.1. The summed E-state index contributed by atoms with van der Waals surface area (Å²) in [5.74, 6) is 0.781. The molecular weight excluding hydrogens is 282 g/mol. The van der Waals surface area contributed by atoms with Crippen LogP contribution in [0.2, 0.25) is 0 Å². The number of H-pyrrole nitrogens is 1. The van der Waals surface area contributed by atoms with Gasteiger partial charge in [-0.1, -0.05) is 0 Å². The Labute approximate surface area is 127 Å². The molecule has 0 aliphatic rings. The zero-order valence-corrected chi connectivity index (χ0v) is 12.4. The molecule has 0 amide bonds. The molecule has 0 bridgehead atoms. The minimum atomic E-state index is -0.243. The fourth-order valence-electron chi connectivity index (χ4n) is 2.26. The molecule has 0 aliphatic carbocycles. The molecule has 3 rings (SSSR count). The highest BCUT2D eigenvalue weighted by Crippen LogP contribution is 2.21. The second-order valence-electron chi connectivity index (χ2n) is 5.31. The van der Waals surface area contributed by atoms with E-state index < -0.39 is 0 Å². The lowest BCUT2D eigenvalue weighted by Crippen LogP contribution is -2.10. The Morgan fingerprint density at radius 2 is 2.05 bits per heavy atom. The Hall–Kier alpha value is -2.60. The number of hydrogen-bond acceptors (Lipinski definition) is 4. The number of hydrogen-bond donors (Lipinski definition) is 2. The maximum Gasteiger partial charge on any atom is 0.274 e. The van der Waals surface area contributed by atoms with Gasteiger partial charge < -0.3 is 14.8 Å². The van der Waals surface area contributed by atoms with Gasteiger partial charge in [-0.25, -0.2) is 4.52 Å². The summed E-state index contributed by atoms with van der Waals surface area (Å²) in [6, 6.07) is 9.05. The second-order valence-corrected chi connectivity index (χ2v) is 5.31. The van der Waals surface area contributed by atoms with E-state index in [2.05, 4.69) is 10.1 Å². The SMILES string of the molecule is CC(C)Oc1ccc(-c2cn3nc(CO)cc3c(=O)[nH]2)cc1. The van der Waals surface area contributed by atoms with Gasteiger partial charge in [0.1, 0.15) is 11.3 Å². The predicted octanol–water partition coefficient (Wildman–Crippen LogP) is 1.97. The molecule has 0 aliphatic heterocycles. The van der Waals surface area contributed by atoms with Crippen LogP contribution in [0.5, 0.6) is 5.75 Å². The molecule has 114 valence electrons. The predicted molar refractivity (Wildman–Crippen MR) is 82.9 cm³/mol.